The largest absolute Gasteiger partial charge is 0.325 e. The third-order valence-electron chi connectivity index (χ3n) is 4.16. The van der Waals surface area contributed by atoms with Gasteiger partial charge in [-0.1, -0.05) is 35.3 Å². The Balaban J connectivity index is 1.82. The average Bonchev–Trinajstić information content (AvgIpc) is 2.80. The molecule has 1 aliphatic rings. The van der Waals surface area contributed by atoms with Crippen LogP contribution in [0.15, 0.2) is 48.5 Å². The molecule has 2 aromatic carbocycles. The normalized spacial score (nSPS) is 19.9. The van der Waals surface area contributed by atoms with Crippen molar-refractivity contribution in [2.75, 3.05) is 6.54 Å². The zero-order valence-electron chi connectivity index (χ0n) is 13.3. The van der Waals surface area contributed by atoms with Crippen LogP contribution in [0.3, 0.4) is 0 Å². The van der Waals surface area contributed by atoms with Crippen LogP contribution in [0.1, 0.15) is 22.8 Å². The quantitative estimate of drug-likeness (QED) is 0.654. The zero-order chi connectivity index (χ0) is 18.2. The molecule has 5 nitrogen and oxygen atoms in total. The van der Waals surface area contributed by atoms with Gasteiger partial charge in [0.2, 0.25) is 0 Å². The second-order valence-electron chi connectivity index (χ2n) is 5.88. The molecule has 2 aromatic rings. The van der Waals surface area contributed by atoms with Crippen molar-refractivity contribution < 1.29 is 14.4 Å². The third kappa shape index (κ3) is 3.25. The molecule has 128 valence electrons. The van der Waals surface area contributed by atoms with E-state index in [0.29, 0.717) is 21.2 Å². The number of urea groups is 1. The fourth-order valence-electron chi connectivity index (χ4n) is 2.69. The topological polar surface area (TPSA) is 66.5 Å². The lowest BCUT2D eigenvalue weighted by atomic mass is 9.92. The number of Topliss-reactive ketones (excluding diaryl/α,β-unsaturated/α-hetero) is 1. The van der Waals surface area contributed by atoms with E-state index in [9.17, 15) is 14.4 Å². The fraction of sp³-hybridized carbons (Fsp3) is 0.167. The number of imide groups is 1. The van der Waals surface area contributed by atoms with E-state index in [1.54, 1.807) is 55.5 Å². The van der Waals surface area contributed by atoms with Gasteiger partial charge in [-0.3, -0.25) is 14.5 Å². The van der Waals surface area contributed by atoms with Gasteiger partial charge in [-0.2, -0.15) is 0 Å². The number of nitrogens with zero attached hydrogens (tertiary/aromatic N) is 1. The molecule has 1 saturated heterocycles. The zero-order valence-corrected chi connectivity index (χ0v) is 14.8. The molecule has 7 heteroatoms. The van der Waals surface area contributed by atoms with Gasteiger partial charge < -0.3 is 5.32 Å². The second kappa shape index (κ2) is 6.50. The molecule has 0 bridgehead atoms. The third-order valence-corrected chi connectivity index (χ3v) is 4.67. The molecule has 3 rings (SSSR count). The number of carbonyl (C=O) groups excluding carboxylic acids is 3. The van der Waals surface area contributed by atoms with Crippen molar-refractivity contribution in [3.63, 3.8) is 0 Å². The van der Waals surface area contributed by atoms with Crippen molar-refractivity contribution in [1.82, 2.24) is 10.2 Å². The molecular weight excluding hydrogens is 363 g/mol. The summed E-state index contributed by atoms with van der Waals surface area (Å²) in [5.41, 5.74) is -0.260. The van der Waals surface area contributed by atoms with E-state index >= 15 is 0 Å². The summed E-state index contributed by atoms with van der Waals surface area (Å²) in [6.45, 7) is 1.26. The van der Waals surface area contributed by atoms with Crippen molar-refractivity contribution >= 4 is 40.9 Å². The van der Waals surface area contributed by atoms with Gasteiger partial charge in [-0.15, -0.1) is 0 Å². The number of amides is 3. The summed E-state index contributed by atoms with van der Waals surface area (Å²) in [5.74, 6) is -0.831. The summed E-state index contributed by atoms with van der Waals surface area (Å²) >= 11 is 11.7. The van der Waals surface area contributed by atoms with E-state index in [-0.39, 0.29) is 12.3 Å². The summed E-state index contributed by atoms with van der Waals surface area (Å²) in [7, 11) is 0. The molecule has 0 radical (unpaired) electrons. The molecule has 0 saturated carbocycles. The Labute approximate surface area is 154 Å². The number of hydrogen-bond donors (Lipinski definition) is 1. The van der Waals surface area contributed by atoms with E-state index in [1.807, 2.05) is 0 Å². The Kier molecular flexibility index (Phi) is 4.54. The van der Waals surface area contributed by atoms with Crippen LogP contribution in [0.5, 0.6) is 0 Å². The van der Waals surface area contributed by atoms with Gasteiger partial charge in [0.25, 0.3) is 5.91 Å². The molecular formula is C18H14Cl2N2O3. The van der Waals surface area contributed by atoms with E-state index in [0.717, 1.165) is 4.90 Å². The highest BCUT2D eigenvalue weighted by atomic mass is 35.5. The Morgan fingerprint density at radius 1 is 1.00 bits per heavy atom. The van der Waals surface area contributed by atoms with Crippen molar-refractivity contribution in [1.29, 1.82) is 0 Å². The SMILES string of the molecule is CC1(c2ccc(Cl)cc2)NC(=O)N(CC(=O)c2ccc(Cl)cc2)C1=O. The Bertz CT molecular complexity index is 850. The molecule has 1 unspecified atom stereocenters. The van der Waals surface area contributed by atoms with Gasteiger partial charge in [-0.25, -0.2) is 4.79 Å². The first-order valence-corrected chi connectivity index (χ1v) is 8.26. The Morgan fingerprint density at radius 2 is 1.52 bits per heavy atom. The van der Waals surface area contributed by atoms with Crippen LogP contribution in [0.4, 0.5) is 4.79 Å². The van der Waals surface area contributed by atoms with Gasteiger partial charge >= 0.3 is 6.03 Å². The first-order valence-electron chi connectivity index (χ1n) is 7.50. The van der Waals surface area contributed by atoms with Gasteiger partial charge in [0.15, 0.2) is 5.78 Å². The highest BCUT2D eigenvalue weighted by Crippen LogP contribution is 2.29. The maximum Gasteiger partial charge on any atom is 0.325 e. The smallest absolute Gasteiger partial charge is 0.319 e. The van der Waals surface area contributed by atoms with E-state index in [1.165, 1.54) is 0 Å². The first-order chi connectivity index (χ1) is 11.8. The number of hydrogen-bond acceptors (Lipinski definition) is 3. The lowest BCUT2D eigenvalue weighted by molar-refractivity contribution is -0.130. The Hall–Kier alpha value is -2.37. The van der Waals surface area contributed by atoms with E-state index in [2.05, 4.69) is 5.32 Å². The van der Waals surface area contributed by atoms with Gasteiger partial charge in [-0.05, 0) is 48.9 Å². The van der Waals surface area contributed by atoms with Crippen molar-refractivity contribution in [2.45, 2.75) is 12.5 Å². The fourth-order valence-corrected chi connectivity index (χ4v) is 2.94. The molecule has 1 heterocycles. The number of halogens is 2. The molecule has 1 N–H and O–H groups in total. The second-order valence-corrected chi connectivity index (χ2v) is 6.76. The predicted octanol–water partition coefficient (Wildman–Crippen LogP) is 3.64. The predicted molar refractivity (Wildman–Crippen MR) is 94.8 cm³/mol. The maximum atomic E-state index is 12.8. The number of carbonyl (C=O) groups is 3. The van der Waals surface area contributed by atoms with Crippen LogP contribution >= 0.6 is 23.2 Å². The molecule has 0 aliphatic carbocycles. The maximum absolute atomic E-state index is 12.8. The van der Waals surface area contributed by atoms with Crippen LogP contribution in [0, 0.1) is 0 Å². The molecule has 1 aliphatic heterocycles. The van der Waals surface area contributed by atoms with E-state index in [4.69, 9.17) is 23.2 Å². The summed E-state index contributed by atoms with van der Waals surface area (Å²) in [4.78, 5) is 38.3. The van der Waals surface area contributed by atoms with Crippen molar-refractivity contribution in [3.8, 4) is 0 Å². The lowest BCUT2D eigenvalue weighted by Gasteiger charge is -2.22. The van der Waals surface area contributed by atoms with Crippen LogP contribution in [0.2, 0.25) is 10.0 Å². The number of nitrogens with one attached hydrogen (secondary N) is 1. The number of ketones is 1. The standard InChI is InChI=1S/C18H14Cl2N2O3/c1-18(12-4-8-14(20)9-5-12)16(24)22(17(25)21-18)10-15(23)11-2-6-13(19)7-3-11/h2-9H,10H2,1H3,(H,21,25). The molecule has 25 heavy (non-hydrogen) atoms. The Morgan fingerprint density at radius 3 is 2.08 bits per heavy atom. The summed E-state index contributed by atoms with van der Waals surface area (Å²) in [5, 5.41) is 3.68. The van der Waals surface area contributed by atoms with E-state index < -0.39 is 17.5 Å². The van der Waals surface area contributed by atoms with Gasteiger partial charge in [0, 0.05) is 15.6 Å². The van der Waals surface area contributed by atoms with Crippen LogP contribution in [0.25, 0.3) is 0 Å². The minimum absolute atomic E-state index is 0.338. The molecule has 1 atom stereocenters. The molecule has 0 spiro atoms. The minimum Gasteiger partial charge on any atom is -0.319 e. The first kappa shape index (κ1) is 17.5. The average molecular weight is 377 g/mol. The highest BCUT2D eigenvalue weighted by molar-refractivity contribution is 6.31. The molecule has 3 amide bonds. The van der Waals surface area contributed by atoms with Crippen LogP contribution in [-0.4, -0.2) is 29.2 Å². The minimum atomic E-state index is -1.23. The monoisotopic (exact) mass is 376 g/mol. The summed E-state index contributed by atoms with van der Waals surface area (Å²) in [6.07, 6.45) is 0. The lowest BCUT2D eigenvalue weighted by Crippen LogP contribution is -2.41. The number of rotatable bonds is 4. The number of benzene rings is 2. The van der Waals surface area contributed by atoms with Crippen LogP contribution < -0.4 is 5.32 Å². The highest BCUT2D eigenvalue weighted by Gasteiger charge is 2.49. The molecule has 0 aromatic heterocycles. The van der Waals surface area contributed by atoms with Crippen molar-refractivity contribution in [2.24, 2.45) is 0 Å². The van der Waals surface area contributed by atoms with Crippen LogP contribution in [-0.2, 0) is 10.3 Å². The summed E-state index contributed by atoms with van der Waals surface area (Å²) < 4.78 is 0. The van der Waals surface area contributed by atoms with Gasteiger partial charge in [0.05, 0.1) is 6.54 Å². The molecule has 1 fully saturated rings. The summed E-state index contributed by atoms with van der Waals surface area (Å²) in [6, 6.07) is 12.3. The van der Waals surface area contributed by atoms with Gasteiger partial charge in [0.1, 0.15) is 5.54 Å². The van der Waals surface area contributed by atoms with Crippen molar-refractivity contribution in [3.05, 3.63) is 69.7 Å².